The molecule has 1 heterocycles. The third kappa shape index (κ3) is 5.44. The zero-order chi connectivity index (χ0) is 24.1. The van der Waals surface area contributed by atoms with Gasteiger partial charge in [0, 0.05) is 30.5 Å². The van der Waals surface area contributed by atoms with Crippen LogP contribution in [0, 0.1) is 5.82 Å². The number of carbonyl (C=O) groups excluding carboxylic acids is 1. The van der Waals surface area contributed by atoms with Crippen LogP contribution in [0.15, 0.2) is 72.8 Å². The lowest BCUT2D eigenvalue weighted by Gasteiger charge is -2.47. The van der Waals surface area contributed by atoms with E-state index in [9.17, 15) is 9.18 Å². The van der Waals surface area contributed by atoms with Crippen LogP contribution in [0.5, 0.6) is 0 Å². The molecule has 4 rings (SSSR count). The van der Waals surface area contributed by atoms with E-state index in [1.807, 2.05) is 54.6 Å². The zero-order valence-corrected chi connectivity index (χ0v) is 20.4. The van der Waals surface area contributed by atoms with Crippen molar-refractivity contribution in [3.63, 3.8) is 0 Å². The first-order chi connectivity index (χ1) is 16.4. The van der Waals surface area contributed by atoms with Gasteiger partial charge >= 0.3 is 0 Å². The number of amides is 1. The zero-order valence-electron chi connectivity index (χ0n) is 18.8. The summed E-state index contributed by atoms with van der Waals surface area (Å²) in [6.45, 7) is 2.71. The van der Waals surface area contributed by atoms with Crippen molar-refractivity contribution in [1.82, 2.24) is 4.90 Å². The summed E-state index contributed by atoms with van der Waals surface area (Å²) in [6, 6.07) is 22.2. The van der Waals surface area contributed by atoms with E-state index in [0.29, 0.717) is 36.7 Å². The van der Waals surface area contributed by atoms with E-state index in [1.165, 1.54) is 13.0 Å². The summed E-state index contributed by atoms with van der Waals surface area (Å²) in [5, 5.41) is 0.654. The standard InChI is InChI=1S/C27H26Cl2FNO3/c1-19(32)31-15-14-27(22-10-12-23(28)13-11-22,34-17-20-6-3-2-4-7-20)25(16-31)33-18-21-8-5-9-24(29)26(21)30/h2-13,25H,14-18H2,1H3/t25-,27-/m0/s1. The van der Waals surface area contributed by atoms with Crippen molar-refractivity contribution < 1.29 is 18.7 Å². The average molecular weight is 502 g/mol. The lowest BCUT2D eigenvalue weighted by Crippen LogP contribution is -2.56. The van der Waals surface area contributed by atoms with Gasteiger partial charge in [0.25, 0.3) is 0 Å². The Labute approximate surface area is 209 Å². The third-order valence-electron chi connectivity index (χ3n) is 6.25. The number of ether oxygens (including phenoxy) is 2. The van der Waals surface area contributed by atoms with Crippen LogP contribution in [0.25, 0.3) is 0 Å². The fraction of sp³-hybridized carbons (Fsp3) is 0.296. The smallest absolute Gasteiger partial charge is 0.219 e. The first kappa shape index (κ1) is 24.7. The van der Waals surface area contributed by atoms with Gasteiger partial charge in [0.1, 0.15) is 17.5 Å². The summed E-state index contributed by atoms with van der Waals surface area (Å²) in [5.74, 6) is -0.555. The second-order valence-corrected chi connectivity index (χ2v) is 9.24. The highest BCUT2D eigenvalue weighted by Crippen LogP contribution is 2.40. The Balaban J connectivity index is 1.69. The number of piperidine rings is 1. The summed E-state index contributed by atoms with van der Waals surface area (Å²) in [6.07, 6.45) is -0.0302. The monoisotopic (exact) mass is 501 g/mol. The van der Waals surface area contributed by atoms with Gasteiger partial charge < -0.3 is 14.4 Å². The van der Waals surface area contributed by atoms with Crippen LogP contribution in [-0.4, -0.2) is 30.0 Å². The molecule has 4 nitrogen and oxygen atoms in total. The van der Waals surface area contributed by atoms with E-state index in [2.05, 4.69) is 0 Å². The molecule has 0 saturated carbocycles. The lowest BCUT2D eigenvalue weighted by atomic mass is 9.81. The first-order valence-electron chi connectivity index (χ1n) is 11.1. The Hall–Kier alpha value is -2.44. The van der Waals surface area contributed by atoms with Gasteiger partial charge in [-0.05, 0) is 29.3 Å². The second-order valence-electron chi connectivity index (χ2n) is 8.40. The Morgan fingerprint density at radius 2 is 1.76 bits per heavy atom. The molecule has 3 aromatic carbocycles. The second kappa shape index (κ2) is 10.9. The number of hydrogen-bond acceptors (Lipinski definition) is 3. The quantitative estimate of drug-likeness (QED) is 0.376. The van der Waals surface area contributed by atoms with Gasteiger partial charge in [0.2, 0.25) is 5.91 Å². The SMILES string of the molecule is CC(=O)N1CC[C@](OCc2ccccc2)(c2ccc(Cl)cc2)[C@@H](OCc2cccc(Cl)c2F)C1. The van der Waals surface area contributed by atoms with Crippen LogP contribution >= 0.6 is 23.2 Å². The van der Waals surface area contributed by atoms with Crippen molar-refractivity contribution >= 4 is 29.1 Å². The highest BCUT2D eigenvalue weighted by molar-refractivity contribution is 6.31. The number of carbonyl (C=O) groups is 1. The summed E-state index contributed by atoms with van der Waals surface area (Å²) in [5.41, 5.74) is 1.40. The van der Waals surface area contributed by atoms with Crippen molar-refractivity contribution in [1.29, 1.82) is 0 Å². The molecule has 1 amide bonds. The van der Waals surface area contributed by atoms with Crippen LogP contribution in [0.1, 0.15) is 30.0 Å². The molecule has 0 bridgehead atoms. The maximum Gasteiger partial charge on any atom is 0.219 e. The van der Waals surface area contributed by atoms with Crippen molar-refractivity contribution in [2.24, 2.45) is 0 Å². The minimum Gasteiger partial charge on any atom is -0.368 e. The molecular formula is C27H26Cl2FNO3. The highest BCUT2D eigenvalue weighted by atomic mass is 35.5. The maximum absolute atomic E-state index is 14.6. The minimum absolute atomic E-state index is 0.00710. The Bertz CT molecular complexity index is 1130. The fourth-order valence-corrected chi connectivity index (χ4v) is 4.64. The minimum atomic E-state index is -0.860. The number of hydrogen-bond donors (Lipinski definition) is 0. The van der Waals surface area contributed by atoms with Crippen LogP contribution < -0.4 is 0 Å². The van der Waals surface area contributed by atoms with Gasteiger partial charge in [0.15, 0.2) is 0 Å². The Kier molecular flexibility index (Phi) is 7.89. The lowest BCUT2D eigenvalue weighted by molar-refractivity contribution is -0.195. The third-order valence-corrected chi connectivity index (χ3v) is 6.79. The molecule has 1 fully saturated rings. The molecule has 0 unspecified atom stereocenters. The van der Waals surface area contributed by atoms with Crippen LogP contribution in [0.4, 0.5) is 4.39 Å². The van der Waals surface area contributed by atoms with Crippen molar-refractivity contribution in [2.45, 2.75) is 38.3 Å². The summed E-state index contributed by atoms with van der Waals surface area (Å²) in [7, 11) is 0. The molecule has 0 aliphatic carbocycles. The molecule has 3 aromatic rings. The van der Waals surface area contributed by atoms with Gasteiger partial charge in [0.05, 0.1) is 24.8 Å². The molecule has 7 heteroatoms. The van der Waals surface area contributed by atoms with E-state index >= 15 is 0 Å². The van der Waals surface area contributed by atoms with Gasteiger partial charge in [-0.1, -0.05) is 77.8 Å². The Morgan fingerprint density at radius 3 is 2.47 bits per heavy atom. The van der Waals surface area contributed by atoms with Crippen LogP contribution in [0.2, 0.25) is 10.0 Å². The predicted molar refractivity (Wildman–Crippen MR) is 131 cm³/mol. The molecule has 1 aliphatic rings. The molecule has 1 saturated heterocycles. The number of benzene rings is 3. The Morgan fingerprint density at radius 1 is 1.03 bits per heavy atom. The molecule has 0 spiro atoms. The largest absolute Gasteiger partial charge is 0.368 e. The number of halogens is 3. The van der Waals surface area contributed by atoms with Gasteiger partial charge in [-0.25, -0.2) is 4.39 Å². The van der Waals surface area contributed by atoms with Crippen LogP contribution in [-0.2, 0) is 33.1 Å². The van der Waals surface area contributed by atoms with Crippen molar-refractivity contribution in [3.05, 3.63) is 105 Å². The topological polar surface area (TPSA) is 38.8 Å². The number of nitrogens with zero attached hydrogens (tertiary/aromatic N) is 1. The van der Waals surface area contributed by atoms with E-state index in [1.54, 1.807) is 17.0 Å². The molecule has 0 radical (unpaired) electrons. The molecular weight excluding hydrogens is 476 g/mol. The number of likely N-dealkylation sites (tertiary alicyclic amines) is 1. The molecule has 178 valence electrons. The highest BCUT2D eigenvalue weighted by Gasteiger charge is 2.47. The van der Waals surface area contributed by atoms with Gasteiger partial charge in [-0.15, -0.1) is 0 Å². The summed E-state index contributed by atoms with van der Waals surface area (Å²) >= 11 is 12.1. The molecule has 34 heavy (non-hydrogen) atoms. The maximum atomic E-state index is 14.6. The normalized spacial score (nSPS) is 20.4. The van der Waals surface area contributed by atoms with E-state index < -0.39 is 17.5 Å². The van der Waals surface area contributed by atoms with E-state index in [-0.39, 0.29) is 17.5 Å². The van der Waals surface area contributed by atoms with Crippen molar-refractivity contribution in [2.75, 3.05) is 13.1 Å². The molecule has 2 atom stereocenters. The summed E-state index contributed by atoms with van der Waals surface area (Å²) < 4.78 is 27.5. The molecule has 0 aromatic heterocycles. The van der Waals surface area contributed by atoms with Gasteiger partial charge in [-0.3, -0.25) is 4.79 Å². The number of rotatable bonds is 7. The predicted octanol–water partition coefficient (Wildman–Crippen LogP) is 6.38. The molecule has 1 aliphatic heterocycles. The van der Waals surface area contributed by atoms with E-state index in [4.69, 9.17) is 32.7 Å². The van der Waals surface area contributed by atoms with Crippen LogP contribution in [0.3, 0.4) is 0 Å². The fourth-order valence-electron chi connectivity index (χ4n) is 4.32. The molecule has 0 N–H and O–H groups in total. The van der Waals surface area contributed by atoms with Crippen molar-refractivity contribution in [3.8, 4) is 0 Å². The average Bonchev–Trinajstić information content (AvgIpc) is 2.85. The first-order valence-corrected chi connectivity index (χ1v) is 11.9. The van der Waals surface area contributed by atoms with E-state index in [0.717, 1.165) is 11.1 Å². The summed E-state index contributed by atoms with van der Waals surface area (Å²) in [4.78, 5) is 14.0. The van der Waals surface area contributed by atoms with Gasteiger partial charge in [-0.2, -0.15) is 0 Å².